The number of hydrogen-bond donors (Lipinski definition) is 1. The number of hydrogen-bond acceptors (Lipinski definition) is 4. The summed E-state index contributed by atoms with van der Waals surface area (Å²) in [5.74, 6) is -4.43. The lowest BCUT2D eigenvalue weighted by Crippen LogP contribution is -2.62. The van der Waals surface area contributed by atoms with Crippen LogP contribution in [0.2, 0.25) is 0 Å². The predicted octanol–water partition coefficient (Wildman–Crippen LogP) is 4.24. The van der Waals surface area contributed by atoms with Gasteiger partial charge in [-0.05, 0) is 41.2 Å². The van der Waals surface area contributed by atoms with Gasteiger partial charge in [0.15, 0.2) is 0 Å². The highest BCUT2D eigenvalue weighted by Gasteiger charge is 2.78. The normalized spacial score (nSPS) is 25.4. The van der Waals surface area contributed by atoms with E-state index in [0.717, 1.165) is 42.8 Å². The first kappa shape index (κ1) is 25.6. The third kappa shape index (κ3) is 3.69. The minimum absolute atomic E-state index is 0.00785. The molecule has 2 aromatic carbocycles. The molecule has 1 unspecified atom stereocenters. The van der Waals surface area contributed by atoms with Gasteiger partial charge in [-0.2, -0.15) is 22.0 Å². The van der Waals surface area contributed by atoms with Gasteiger partial charge in [-0.15, -0.1) is 0 Å². The summed E-state index contributed by atoms with van der Waals surface area (Å²) >= 11 is 0. The molecule has 2 heterocycles. The van der Waals surface area contributed by atoms with Gasteiger partial charge in [0.05, 0.1) is 6.26 Å². The molecule has 3 aliphatic rings. The second-order valence-electron chi connectivity index (χ2n) is 10.4. The monoisotopic (exact) mass is 530 g/mol. The van der Waals surface area contributed by atoms with Crippen molar-refractivity contribution in [2.24, 2.45) is 5.41 Å². The van der Waals surface area contributed by atoms with E-state index in [1.807, 2.05) is 19.1 Å². The van der Waals surface area contributed by atoms with Gasteiger partial charge in [-0.1, -0.05) is 37.3 Å². The molecule has 0 amide bonds. The Kier molecular flexibility index (Phi) is 5.65. The van der Waals surface area contributed by atoms with Crippen molar-refractivity contribution in [3.05, 3.63) is 58.7 Å². The highest BCUT2D eigenvalue weighted by molar-refractivity contribution is 7.88. The topological polar surface area (TPSA) is 60.9 Å². The predicted molar refractivity (Wildman–Crippen MR) is 124 cm³/mol. The zero-order valence-corrected chi connectivity index (χ0v) is 20.7. The molecule has 2 aromatic rings. The molecule has 1 spiro atoms. The maximum absolute atomic E-state index is 14.4. The van der Waals surface area contributed by atoms with Gasteiger partial charge in [0, 0.05) is 49.3 Å². The smallest absolute Gasteiger partial charge is 0.371 e. The largest absolute Gasteiger partial charge is 0.427 e. The van der Waals surface area contributed by atoms with Gasteiger partial charge in [-0.3, -0.25) is 4.90 Å². The van der Waals surface area contributed by atoms with Crippen molar-refractivity contribution in [1.29, 1.82) is 0 Å². The van der Waals surface area contributed by atoms with Crippen LogP contribution in [0.1, 0.15) is 35.6 Å². The number of likely N-dealkylation sites (tertiary alicyclic amines) is 1. The van der Waals surface area contributed by atoms with Gasteiger partial charge in [0.25, 0.3) is 5.60 Å². The molecule has 0 aromatic heterocycles. The van der Waals surface area contributed by atoms with Gasteiger partial charge in [-0.25, -0.2) is 12.7 Å². The number of aryl methyl sites for hydroxylation is 1. The van der Waals surface area contributed by atoms with Crippen LogP contribution >= 0.6 is 0 Å². The van der Waals surface area contributed by atoms with Crippen LogP contribution in [-0.4, -0.2) is 61.3 Å². The molecule has 36 heavy (non-hydrogen) atoms. The zero-order valence-electron chi connectivity index (χ0n) is 19.9. The second-order valence-corrected chi connectivity index (χ2v) is 12.4. The van der Waals surface area contributed by atoms with E-state index in [9.17, 15) is 35.5 Å². The van der Waals surface area contributed by atoms with E-state index in [-0.39, 0.29) is 5.41 Å². The van der Waals surface area contributed by atoms with E-state index in [4.69, 9.17) is 0 Å². The summed E-state index contributed by atoms with van der Waals surface area (Å²) in [6.45, 7) is 5.25. The molecule has 0 radical (unpaired) electrons. The van der Waals surface area contributed by atoms with Crippen LogP contribution in [0.5, 0.6) is 0 Å². The molecule has 2 aliphatic heterocycles. The number of fused-ring (bicyclic) bond motifs is 1. The first-order valence-corrected chi connectivity index (χ1v) is 13.6. The molecule has 1 aliphatic carbocycles. The van der Waals surface area contributed by atoms with E-state index in [1.54, 1.807) is 6.07 Å². The molecule has 196 valence electrons. The van der Waals surface area contributed by atoms with E-state index in [2.05, 4.69) is 4.90 Å². The molecule has 0 saturated carbocycles. The Morgan fingerprint density at radius 2 is 1.72 bits per heavy atom. The quantitative estimate of drug-likeness (QED) is 0.588. The summed E-state index contributed by atoms with van der Waals surface area (Å²) in [7, 11) is -3.19. The summed E-state index contributed by atoms with van der Waals surface area (Å²) in [6, 6.07) is 8.95. The van der Waals surface area contributed by atoms with Gasteiger partial charge in [0.2, 0.25) is 10.0 Å². The Morgan fingerprint density at radius 1 is 1.03 bits per heavy atom. The van der Waals surface area contributed by atoms with Gasteiger partial charge >= 0.3 is 12.1 Å². The molecule has 5 rings (SSSR count). The van der Waals surface area contributed by atoms with Crippen molar-refractivity contribution < 1.29 is 35.5 Å². The Hall–Kier alpha value is -2.08. The van der Waals surface area contributed by atoms with Crippen molar-refractivity contribution in [3.63, 3.8) is 0 Å². The SMILES string of the molecule is CCc1cc(CN2CC3(CCN(S(C)(=O)=O)C3)C2)ccc1-c1ccc2c(c1)C(F)(F)C2(O)C(F)(F)F. The summed E-state index contributed by atoms with van der Waals surface area (Å²) in [4.78, 5) is 2.24. The van der Waals surface area contributed by atoms with Crippen LogP contribution in [0.3, 0.4) is 0 Å². The third-order valence-electron chi connectivity index (χ3n) is 7.87. The maximum Gasteiger partial charge on any atom is 0.427 e. The van der Waals surface area contributed by atoms with E-state index >= 15 is 0 Å². The lowest BCUT2D eigenvalue weighted by atomic mass is 9.68. The van der Waals surface area contributed by atoms with Crippen LogP contribution in [0, 0.1) is 5.41 Å². The molecule has 5 nitrogen and oxygen atoms in total. The highest BCUT2D eigenvalue weighted by atomic mass is 32.2. The number of halogens is 5. The van der Waals surface area contributed by atoms with Crippen LogP contribution in [0.15, 0.2) is 36.4 Å². The van der Waals surface area contributed by atoms with Crippen LogP contribution in [0.4, 0.5) is 22.0 Å². The number of sulfonamides is 1. The molecule has 1 N–H and O–H groups in total. The summed E-state index contributed by atoms with van der Waals surface area (Å²) in [5.41, 5.74) is -2.88. The van der Waals surface area contributed by atoms with E-state index < -0.39 is 38.9 Å². The minimum atomic E-state index is -5.49. The van der Waals surface area contributed by atoms with Crippen LogP contribution < -0.4 is 0 Å². The molecule has 11 heteroatoms. The lowest BCUT2D eigenvalue weighted by Gasteiger charge is -2.48. The standard InChI is InChI=1S/C25H27F5N2O3S/c1-3-17-10-16(12-31-13-22(14-31)8-9-32(15-22)36(2,34)35)4-6-19(17)18-5-7-20-21(11-18)24(26,27)23(20,33)25(28,29)30/h4-7,10-11,33H,3,8-9,12-15H2,1-2H3. The summed E-state index contributed by atoms with van der Waals surface area (Å²) < 4.78 is 93.5. The van der Waals surface area contributed by atoms with Crippen LogP contribution in [0.25, 0.3) is 11.1 Å². The highest BCUT2D eigenvalue weighted by Crippen LogP contribution is 2.63. The fourth-order valence-corrected chi connectivity index (χ4v) is 6.88. The third-order valence-corrected chi connectivity index (χ3v) is 9.12. The first-order valence-electron chi connectivity index (χ1n) is 11.7. The molecule has 2 fully saturated rings. The first-order chi connectivity index (χ1) is 16.6. The van der Waals surface area contributed by atoms with Crippen molar-refractivity contribution in [2.45, 2.75) is 44.0 Å². The molecular formula is C25H27F5N2O3S. The average molecular weight is 531 g/mol. The van der Waals surface area contributed by atoms with Crippen molar-refractivity contribution in [2.75, 3.05) is 32.4 Å². The fraction of sp³-hybridized carbons (Fsp3) is 0.520. The maximum atomic E-state index is 14.4. The van der Waals surface area contributed by atoms with Crippen LogP contribution in [-0.2, 0) is 34.5 Å². The zero-order chi connectivity index (χ0) is 26.3. The summed E-state index contributed by atoms with van der Waals surface area (Å²) in [5, 5.41) is 9.76. The average Bonchev–Trinajstić information content (AvgIpc) is 3.23. The Bertz CT molecular complexity index is 1320. The Balaban J connectivity index is 1.33. The number of nitrogens with zero attached hydrogens (tertiary/aromatic N) is 2. The number of alkyl halides is 5. The minimum Gasteiger partial charge on any atom is -0.371 e. The van der Waals surface area contributed by atoms with E-state index in [1.165, 1.54) is 16.6 Å². The number of aliphatic hydroxyl groups is 1. The number of rotatable bonds is 5. The molecular weight excluding hydrogens is 503 g/mol. The van der Waals surface area contributed by atoms with Crippen molar-refractivity contribution in [1.82, 2.24) is 9.21 Å². The Morgan fingerprint density at radius 3 is 2.31 bits per heavy atom. The van der Waals surface area contributed by atoms with Gasteiger partial charge < -0.3 is 5.11 Å². The second kappa shape index (κ2) is 7.96. The van der Waals surface area contributed by atoms with Gasteiger partial charge in [0.1, 0.15) is 0 Å². The van der Waals surface area contributed by atoms with E-state index in [0.29, 0.717) is 37.2 Å². The molecule has 0 bridgehead atoms. The van der Waals surface area contributed by atoms with Crippen molar-refractivity contribution in [3.8, 4) is 11.1 Å². The molecule has 1 atom stereocenters. The fourth-order valence-electron chi connectivity index (χ4n) is 5.95. The summed E-state index contributed by atoms with van der Waals surface area (Å²) in [6.07, 6.45) is -2.83. The molecule has 2 saturated heterocycles. The number of benzene rings is 2. The lowest BCUT2D eigenvalue weighted by molar-refractivity contribution is -0.364. The Labute approximate surface area is 206 Å². The van der Waals surface area contributed by atoms with Crippen molar-refractivity contribution >= 4 is 10.0 Å².